The van der Waals surface area contributed by atoms with Crippen molar-refractivity contribution in [1.29, 1.82) is 0 Å². The quantitative estimate of drug-likeness (QED) is 0.867. The summed E-state index contributed by atoms with van der Waals surface area (Å²) in [5.74, 6) is 0.273. The fraction of sp³-hybridized carbons (Fsp3) is 0.385. The summed E-state index contributed by atoms with van der Waals surface area (Å²) in [5, 5.41) is 2.71. The Morgan fingerprint density at radius 2 is 1.94 bits per heavy atom. The van der Waals surface area contributed by atoms with Gasteiger partial charge >= 0.3 is 6.03 Å². The monoisotopic (exact) mass is 248 g/mol. The Balaban J connectivity index is 2.47. The molecule has 0 saturated carbocycles. The Bertz CT molecular complexity index is 497. The molecule has 1 N–H and O–H groups in total. The number of urea groups is 1. The van der Waals surface area contributed by atoms with Crippen molar-refractivity contribution in [3.63, 3.8) is 0 Å². The lowest BCUT2D eigenvalue weighted by atomic mass is 9.89. The van der Waals surface area contributed by atoms with Crippen molar-refractivity contribution in [2.45, 2.75) is 13.8 Å². The minimum atomic E-state index is -0.616. The number of para-hydroxylation sites is 2. The predicted molar refractivity (Wildman–Crippen MR) is 67.7 cm³/mol. The van der Waals surface area contributed by atoms with Crippen molar-refractivity contribution in [3.8, 4) is 5.75 Å². The van der Waals surface area contributed by atoms with E-state index in [1.54, 1.807) is 38.1 Å². The number of amides is 3. The number of hydrogen-bond donors (Lipinski definition) is 1. The van der Waals surface area contributed by atoms with Crippen LogP contribution >= 0.6 is 0 Å². The van der Waals surface area contributed by atoms with Crippen LogP contribution in [0, 0.1) is 5.41 Å². The summed E-state index contributed by atoms with van der Waals surface area (Å²) in [6.45, 7) is 3.95. The Kier molecular flexibility index (Phi) is 2.98. The summed E-state index contributed by atoms with van der Waals surface area (Å²) in [4.78, 5) is 25.4. The number of carbonyl (C=O) groups is 2. The number of carbonyl (C=O) groups excluding carboxylic acids is 2. The molecule has 5 heteroatoms. The van der Waals surface area contributed by atoms with Crippen LogP contribution in [0.15, 0.2) is 24.3 Å². The minimum Gasteiger partial charge on any atom is -0.495 e. The van der Waals surface area contributed by atoms with Crippen LogP contribution in [0.5, 0.6) is 5.75 Å². The lowest BCUT2D eigenvalue weighted by Gasteiger charge is -2.36. The van der Waals surface area contributed by atoms with Crippen LogP contribution in [0.25, 0.3) is 0 Å². The van der Waals surface area contributed by atoms with E-state index in [-0.39, 0.29) is 5.91 Å². The number of imide groups is 1. The summed E-state index contributed by atoms with van der Waals surface area (Å²) < 4.78 is 5.19. The molecule has 1 heterocycles. The van der Waals surface area contributed by atoms with Gasteiger partial charge in [0.05, 0.1) is 18.2 Å². The van der Waals surface area contributed by atoms with Crippen LogP contribution in [0.4, 0.5) is 10.5 Å². The normalized spacial score (nSPS) is 18.5. The van der Waals surface area contributed by atoms with E-state index < -0.39 is 11.4 Å². The van der Waals surface area contributed by atoms with Gasteiger partial charge in [-0.05, 0) is 26.0 Å². The summed E-state index contributed by atoms with van der Waals surface area (Å²) in [5.41, 5.74) is -0.148. The molecule has 0 aliphatic carbocycles. The van der Waals surface area contributed by atoms with Crippen molar-refractivity contribution < 1.29 is 14.3 Å². The highest BCUT2D eigenvalue weighted by atomic mass is 16.5. The van der Waals surface area contributed by atoms with Gasteiger partial charge in [0, 0.05) is 6.54 Å². The van der Waals surface area contributed by atoms with E-state index in [1.807, 2.05) is 0 Å². The molecule has 1 aliphatic rings. The Labute approximate surface area is 106 Å². The highest BCUT2D eigenvalue weighted by Crippen LogP contribution is 2.33. The van der Waals surface area contributed by atoms with Crippen LogP contribution in [0.1, 0.15) is 13.8 Å². The van der Waals surface area contributed by atoms with E-state index in [1.165, 1.54) is 7.11 Å². The van der Waals surface area contributed by atoms with Crippen LogP contribution < -0.4 is 15.0 Å². The van der Waals surface area contributed by atoms with Gasteiger partial charge < -0.3 is 10.1 Å². The molecule has 96 valence electrons. The van der Waals surface area contributed by atoms with Crippen molar-refractivity contribution in [1.82, 2.24) is 5.32 Å². The molecule has 0 atom stereocenters. The predicted octanol–water partition coefficient (Wildman–Crippen LogP) is 1.78. The smallest absolute Gasteiger partial charge is 0.328 e. The molecular formula is C13H16N2O3. The van der Waals surface area contributed by atoms with Gasteiger partial charge in [-0.3, -0.25) is 4.79 Å². The zero-order valence-electron chi connectivity index (χ0n) is 10.7. The molecule has 0 radical (unpaired) electrons. The lowest BCUT2D eigenvalue weighted by molar-refractivity contribution is -0.126. The first-order chi connectivity index (χ1) is 8.47. The van der Waals surface area contributed by atoms with Crippen LogP contribution in [0.2, 0.25) is 0 Å². The molecule has 0 unspecified atom stereocenters. The number of ether oxygens (including phenoxy) is 1. The van der Waals surface area contributed by atoms with E-state index in [0.717, 1.165) is 4.90 Å². The molecule has 0 aromatic heterocycles. The van der Waals surface area contributed by atoms with Crippen LogP contribution in [-0.4, -0.2) is 25.6 Å². The van der Waals surface area contributed by atoms with Gasteiger partial charge in [0.2, 0.25) is 5.91 Å². The van der Waals surface area contributed by atoms with Gasteiger partial charge in [0.25, 0.3) is 0 Å². The fourth-order valence-electron chi connectivity index (χ4n) is 1.88. The van der Waals surface area contributed by atoms with E-state index in [0.29, 0.717) is 18.0 Å². The second-order valence-electron chi connectivity index (χ2n) is 4.86. The number of rotatable bonds is 2. The van der Waals surface area contributed by atoms with E-state index in [2.05, 4.69) is 5.32 Å². The standard InChI is InChI=1S/C13H16N2O3/c1-13(2)8-14-12(17)15(11(13)16)9-6-4-5-7-10(9)18-3/h4-7H,8H2,1-3H3,(H,14,17). The molecule has 1 aliphatic heterocycles. The molecule has 1 aromatic rings. The SMILES string of the molecule is COc1ccccc1N1C(=O)NCC(C)(C)C1=O. The zero-order valence-corrected chi connectivity index (χ0v) is 10.7. The fourth-order valence-corrected chi connectivity index (χ4v) is 1.88. The van der Waals surface area contributed by atoms with Crippen molar-refractivity contribution in [2.75, 3.05) is 18.6 Å². The highest BCUT2D eigenvalue weighted by Gasteiger charge is 2.41. The van der Waals surface area contributed by atoms with Gasteiger partial charge in [0.15, 0.2) is 0 Å². The maximum absolute atomic E-state index is 12.3. The molecule has 1 aromatic carbocycles. The van der Waals surface area contributed by atoms with Gasteiger partial charge in [-0.25, -0.2) is 9.69 Å². The molecule has 1 saturated heterocycles. The zero-order chi connectivity index (χ0) is 13.3. The number of hydrogen-bond acceptors (Lipinski definition) is 3. The summed E-state index contributed by atoms with van der Waals surface area (Å²) in [7, 11) is 1.51. The van der Waals surface area contributed by atoms with Gasteiger partial charge in [-0.2, -0.15) is 0 Å². The van der Waals surface area contributed by atoms with Gasteiger partial charge in [-0.1, -0.05) is 12.1 Å². The number of methoxy groups -OCH3 is 1. The molecule has 1 fully saturated rings. The Hall–Kier alpha value is -2.04. The molecule has 2 rings (SSSR count). The Morgan fingerprint density at radius 3 is 2.61 bits per heavy atom. The van der Waals surface area contributed by atoms with Crippen molar-refractivity contribution in [3.05, 3.63) is 24.3 Å². The first-order valence-electron chi connectivity index (χ1n) is 5.73. The lowest BCUT2D eigenvalue weighted by Crippen LogP contribution is -2.59. The number of nitrogens with one attached hydrogen (secondary N) is 1. The maximum Gasteiger partial charge on any atom is 0.328 e. The number of anilines is 1. The van der Waals surface area contributed by atoms with E-state index in [9.17, 15) is 9.59 Å². The first kappa shape index (κ1) is 12.4. The number of benzene rings is 1. The molecule has 0 bridgehead atoms. The summed E-state index contributed by atoms with van der Waals surface area (Å²) >= 11 is 0. The average Bonchev–Trinajstić information content (AvgIpc) is 2.36. The second-order valence-corrected chi connectivity index (χ2v) is 4.86. The third-order valence-electron chi connectivity index (χ3n) is 2.99. The topological polar surface area (TPSA) is 58.6 Å². The highest BCUT2D eigenvalue weighted by molar-refractivity contribution is 6.18. The minimum absolute atomic E-state index is 0.226. The van der Waals surface area contributed by atoms with Crippen LogP contribution in [0.3, 0.4) is 0 Å². The molecular weight excluding hydrogens is 232 g/mol. The summed E-state index contributed by atoms with van der Waals surface area (Å²) in [6.07, 6.45) is 0. The molecule has 0 spiro atoms. The molecule has 5 nitrogen and oxygen atoms in total. The van der Waals surface area contributed by atoms with E-state index in [4.69, 9.17) is 4.74 Å². The summed E-state index contributed by atoms with van der Waals surface area (Å²) in [6, 6.07) is 6.55. The van der Waals surface area contributed by atoms with Crippen LogP contribution in [-0.2, 0) is 4.79 Å². The number of nitrogens with zero attached hydrogens (tertiary/aromatic N) is 1. The largest absolute Gasteiger partial charge is 0.495 e. The average molecular weight is 248 g/mol. The third kappa shape index (κ3) is 1.92. The Morgan fingerprint density at radius 1 is 1.28 bits per heavy atom. The molecule has 18 heavy (non-hydrogen) atoms. The van der Waals surface area contributed by atoms with E-state index >= 15 is 0 Å². The maximum atomic E-state index is 12.3. The van der Waals surface area contributed by atoms with Gasteiger partial charge in [-0.15, -0.1) is 0 Å². The first-order valence-corrected chi connectivity index (χ1v) is 5.73. The molecule has 3 amide bonds. The van der Waals surface area contributed by atoms with Gasteiger partial charge in [0.1, 0.15) is 5.75 Å². The van der Waals surface area contributed by atoms with Crippen molar-refractivity contribution in [2.24, 2.45) is 5.41 Å². The third-order valence-corrected chi connectivity index (χ3v) is 2.99. The second kappa shape index (κ2) is 4.33. The van der Waals surface area contributed by atoms with Crippen molar-refractivity contribution >= 4 is 17.6 Å².